The first-order chi connectivity index (χ1) is 15.2. The molecule has 2 aromatic rings. The van der Waals surface area contributed by atoms with Crippen LogP contribution in [0.1, 0.15) is 56.0 Å². The molecular formula is C24H27FN4O3. The Balaban J connectivity index is 1.38. The van der Waals surface area contributed by atoms with Crippen molar-refractivity contribution in [1.29, 1.82) is 0 Å². The average Bonchev–Trinajstić information content (AvgIpc) is 3.30. The number of carbonyl (C=O) groups is 3. The minimum atomic E-state index is -0.937. The van der Waals surface area contributed by atoms with Crippen molar-refractivity contribution >= 4 is 17.8 Å². The van der Waals surface area contributed by atoms with Crippen molar-refractivity contribution in [2.75, 3.05) is 13.1 Å². The Morgan fingerprint density at radius 3 is 2.69 bits per heavy atom. The second kappa shape index (κ2) is 8.68. The van der Waals surface area contributed by atoms with E-state index in [1.54, 1.807) is 31.0 Å². The van der Waals surface area contributed by atoms with E-state index in [-0.39, 0.29) is 36.6 Å². The molecule has 1 N–H and O–H groups in total. The van der Waals surface area contributed by atoms with Gasteiger partial charge in [-0.15, -0.1) is 0 Å². The number of benzene rings is 1. The smallest absolute Gasteiger partial charge is 0.325 e. The van der Waals surface area contributed by atoms with Gasteiger partial charge in [0.2, 0.25) is 5.91 Å². The van der Waals surface area contributed by atoms with Crippen LogP contribution in [-0.4, -0.2) is 51.3 Å². The first-order valence-electron chi connectivity index (χ1n) is 10.9. The molecule has 4 amide bonds. The van der Waals surface area contributed by atoms with Gasteiger partial charge in [-0.1, -0.05) is 18.2 Å². The molecule has 2 saturated heterocycles. The molecule has 1 atom stereocenters. The topological polar surface area (TPSA) is 82.6 Å². The van der Waals surface area contributed by atoms with Crippen molar-refractivity contribution in [1.82, 2.24) is 20.1 Å². The van der Waals surface area contributed by atoms with Crippen molar-refractivity contribution < 1.29 is 18.8 Å². The van der Waals surface area contributed by atoms with Gasteiger partial charge in [-0.2, -0.15) is 0 Å². The number of rotatable bonds is 6. The summed E-state index contributed by atoms with van der Waals surface area (Å²) in [6.07, 6.45) is 4.14. The van der Waals surface area contributed by atoms with Crippen LogP contribution in [0.15, 0.2) is 42.6 Å². The molecule has 2 fully saturated rings. The number of imide groups is 1. The number of halogens is 1. The van der Waals surface area contributed by atoms with Gasteiger partial charge in [0, 0.05) is 25.7 Å². The molecule has 168 valence electrons. The summed E-state index contributed by atoms with van der Waals surface area (Å²) in [4.78, 5) is 44.7. The van der Waals surface area contributed by atoms with Crippen LogP contribution in [0.4, 0.5) is 9.18 Å². The Morgan fingerprint density at radius 2 is 2.03 bits per heavy atom. The maximum absolute atomic E-state index is 13.4. The Labute approximate surface area is 186 Å². The molecule has 0 unspecified atom stereocenters. The van der Waals surface area contributed by atoms with Gasteiger partial charge in [-0.3, -0.25) is 19.5 Å². The standard InChI is InChI=1S/C24H27FN4O3/c1-24(2)22(31)29(23(32)27-24)12-10-21(30)28-11-4-7-20(28)19-9-8-17(15-26-19)13-16-5-3-6-18(25)14-16/h3,5-6,8-9,14-15,20H,4,7,10-13H2,1-2H3,(H,27,32)/t20-/m0/s1. The molecule has 0 aliphatic carbocycles. The lowest BCUT2D eigenvalue weighted by Crippen LogP contribution is -2.41. The Kier molecular flexibility index (Phi) is 5.95. The molecule has 3 heterocycles. The summed E-state index contributed by atoms with van der Waals surface area (Å²) in [5.41, 5.74) is 1.72. The highest BCUT2D eigenvalue weighted by Gasteiger charge is 2.44. The zero-order chi connectivity index (χ0) is 22.9. The summed E-state index contributed by atoms with van der Waals surface area (Å²) in [5, 5.41) is 2.63. The fraction of sp³-hybridized carbons (Fsp3) is 0.417. The van der Waals surface area contributed by atoms with Crippen molar-refractivity contribution in [2.24, 2.45) is 0 Å². The SMILES string of the molecule is CC1(C)NC(=O)N(CCC(=O)N2CCC[C@H]2c2ccc(Cc3cccc(F)c3)cn2)C1=O. The van der Waals surface area contributed by atoms with E-state index in [0.717, 1.165) is 34.6 Å². The third-order valence-corrected chi connectivity index (χ3v) is 6.05. The fourth-order valence-electron chi connectivity index (χ4n) is 4.37. The van der Waals surface area contributed by atoms with Gasteiger partial charge >= 0.3 is 6.03 Å². The second-order valence-electron chi connectivity index (χ2n) is 8.91. The van der Waals surface area contributed by atoms with Gasteiger partial charge in [0.25, 0.3) is 5.91 Å². The summed E-state index contributed by atoms with van der Waals surface area (Å²) in [5.74, 6) is -0.670. The lowest BCUT2D eigenvalue weighted by Gasteiger charge is -2.25. The number of hydrogen-bond donors (Lipinski definition) is 1. The number of amides is 4. The van der Waals surface area contributed by atoms with Crippen molar-refractivity contribution in [3.05, 3.63) is 65.2 Å². The van der Waals surface area contributed by atoms with Crippen LogP contribution in [-0.2, 0) is 16.0 Å². The molecule has 4 rings (SSSR count). The first kappa shape index (κ1) is 21.9. The summed E-state index contributed by atoms with van der Waals surface area (Å²) in [6.45, 7) is 3.99. The van der Waals surface area contributed by atoms with Crippen LogP contribution in [0.3, 0.4) is 0 Å². The molecule has 8 heteroatoms. The van der Waals surface area contributed by atoms with E-state index < -0.39 is 11.6 Å². The van der Waals surface area contributed by atoms with Crippen molar-refractivity contribution in [3.8, 4) is 0 Å². The lowest BCUT2D eigenvalue weighted by molar-refractivity contribution is -0.134. The summed E-state index contributed by atoms with van der Waals surface area (Å²) in [6, 6.07) is 9.80. The molecule has 7 nitrogen and oxygen atoms in total. The summed E-state index contributed by atoms with van der Waals surface area (Å²) in [7, 11) is 0. The number of urea groups is 1. The maximum atomic E-state index is 13.4. The summed E-state index contributed by atoms with van der Waals surface area (Å²) < 4.78 is 13.4. The Morgan fingerprint density at radius 1 is 1.22 bits per heavy atom. The number of likely N-dealkylation sites (tertiary alicyclic amines) is 1. The van der Waals surface area contributed by atoms with Gasteiger partial charge < -0.3 is 10.2 Å². The normalized spacial score (nSPS) is 20.0. The molecule has 0 radical (unpaired) electrons. The van der Waals surface area contributed by atoms with Crippen molar-refractivity contribution in [3.63, 3.8) is 0 Å². The monoisotopic (exact) mass is 438 g/mol. The molecular weight excluding hydrogens is 411 g/mol. The van der Waals surface area contributed by atoms with Gasteiger partial charge in [0.05, 0.1) is 11.7 Å². The van der Waals surface area contributed by atoms with Crippen LogP contribution >= 0.6 is 0 Å². The minimum Gasteiger partial charge on any atom is -0.334 e. The molecule has 2 aliphatic heterocycles. The van der Waals surface area contributed by atoms with Crippen LogP contribution in [0.2, 0.25) is 0 Å². The molecule has 1 aromatic carbocycles. The Bertz CT molecular complexity index is 1040. The second-order valence-corrected chi connectivity index (χ2v) is 8.91. The molecule has 2 aliphatic rings. The largest absolute Gasteiger partial charge is 0.334 e. The lowest BCUT2D eigenvalue weighted by atomic mass is 10.0. The highest BCUT2D eigenvalue weighted by molar-refractivity contribution is 6.06. The molecule has 0 spiro atoms. The third-order valence-electron chi connectivity index (χ3n) is 6.05. The molecule has 0 saturated carbocycles. The third kappa shape index (κ3) is 4.49. The van der Waals surface area contributed by atoms with E-state index in [2.05, 4.69) is 10.3 Å². The predicted molar refractivity (Wildman–Crippen MR) is 116 cm³/mol. The number of nitrogens with one attached hydrogen (secondary N) is 1. The van der Waals surface area contributed by atoms with Crippen LogP contribution in [0, 0.1) is 5.82 Å². The predicted octanol–water partition coefficient (Wildman–Crippen LogP) is 3.20. The van der Waals surface area contributed by atoms with E-state index in [9.17, 15) is 18.8 Å². The van der Waals surface area contributed by atoms with E-state index in [1.807, 2.05) is 18.2 Å². The van der Waals surface area contributed by atoms with Crippen molar-refractivity contribution in [2.45, 2.75) is 51.1 Å². The quantitative estimate of drug-likeness (QED) is 0.703. The number of hydrogen-bond acceptors (Lipinski definition) is 4. The molecule has 1 aromatic heterocycles. The number of carbonyl (C=O) groups excluding carboxylic acids is 3. The number of aromatic nitrogens is 1. The highest BCUT2D eigenvalue weighted by atomic mass is 19.1. The molecule has 32 heavy (non-hydrogen) atoms. The zero-order valence-corrected chi connectivity index (χ0v) is 18.3. The fourth-order valence-corrected chi connectivity index (χ4v) is 4.37. The van der Waals surface area contributed by atoms with Crippen LogP contribution in [0.5, 0.6) is 0 Å². The zero-order valence-electron chi connectivity index (χ0n) is 18.3. The van der Waals surface area contributed by atoms with Gasteiger partial charge in [-0.25, -0.2) is 9.18 Å². The highest BCUT2D eigenvalue weighted by Crippen LogP contribution is 2.31. The minimum absolute atomic E-state index is 0.0656. The van der Waals surface area contributed by atoms with E-state index in [1.165, 1.54) is 12.1 Å². The van der Waals surface area contributed by atoms with Crippen LogP contribution in [0.25, 0.3) is 0 Å². The number of nitrogens with zero attached hydrogens (tertiary/aromatic N) is 3. The van der Waals surface area contributed by atoms with E-state index in [4.69, 9.17) is 0 Å². The van der Waals surface area contributed by atoms with Gasteiger partial charge in [0.1, 0.15) is 11.4 Å². The van der Waals surface area contributed by atoms with Gasteiger partial charge in [-0.05, 0) is 62.4 Å². The van der Waals surface area contributed by atoms with E-state index >= 15 is 0 Å². The van der Waals surface area contributed by atoms with E-state index in [0.29, 0.717) is 13.0 Å². The van der Waals surface area contributed by atoms with Crippen LogP contribution < -0.4 is 5.32 Å². The first-order valence-corrected chi connectivity index (χ1v) is 10.9. The number of pyridine rings is 1. The average molecular weight is 439 g/mol. The Hall–Kier alpha value is -3.29. The maximum Gasteiger partial charge on any atom is 0.325 e. The summed E-state index contributed by atoms with van der Waals surface area (Å²) >= 11 is 0. The van der Waals surface area contributed by atoms with Gasteiger partial charge in [0.15, 0.2) is 0 Å². The molecule has 0 bridgehead atoms.